The molecule has 0 amide bonds. The summed E-state index contributed by atoms with van der Waals surface area (Å²) in [5, 5.41) is 16.0. The number of aromatic nitrogens is 3. The number of hydrogen-bond donors (Lipinski definition) is 2. The van der Waals surface area contributed by atoms with Gasteiger partial charge in [-0.2, -0.15) is 0 Å². The Hall–Kier alpha value is -1.60. The minimum atomic E-state index is -0.792. The van der Waals surface area contributed by atoms with E-state index in [0.29, 0.717) is 10.7 Å². The number of aliphatic hydroxyl groups excluding tert-OH is 1. The number of aromatic amines is 1. The van der Waals surface area contributed by atoms with E-state index < -0.39 is 11.9 Å². The quantitative estimate of drug-likeness (QED) is 0.884. The van der Waals surface area contributed by atoms with Gasteiger partial charge in [-0.25, -0.2) is 14.3 Å². The Balaban J connectivity index is 2.46. The molecule has 0 aliphatic carbocycles. The van der Waals surface area contributed by atoms with Crippen molar-refractivity contribution >= 4 is 11.8 Å². The van der Waals surface area contributed by atoms with Crippen LogP contribution in [0.3, 0.4) is 0 Å². The molecule has 0 spiro atoms. The topological polar surface area (TPSA) is 70.9 Å². The second kappa shape index (κ2) is 4.95. The highest BCUT2D eigenvalue weighted by molar-refractivity contribution is 7.99. The second-order valence-corrected chi connectivity index (χ2v) is 4.78. The van der Waals surface area contributed by atoms with Crippen LogP contribution >= 0.6 is 11.8 Å². The van der Waals surface area contributed by atoms with Gasteiger partial charge in [-0.05, 0) is 30.3 Å². The fourth-order valence-electron chi connectivity index (χ4n) is 1.48. The van der Waals surface area contributed by atoms with E-state index in [4.69, 9.17) is 0 Å². The summed E-state index contributed by atoms with van der Waals surface area (Å²) in [4.78, 5) is 11.5. The first kappa shape index (κ1) is 12.8. The molecular formula is C11H12FN3O2S. The minimum absolute atomic E-state index is 0.273. The molecule has 5 nitrogen and oxygen atoms in total. The Morgan fingerprint density at radius 3 is 2.83 bits per heavy atom. The normalized spacial score (nSPS) is 12.7. The van der Waals surface area contributed by atoms with Crippen LogP contribution in [0.2, 0.25) is 0 Å². The fourth-order valence-corrected chi connectivity index (χ4v) is 2.49. The number of aliphatic hydroxyl groups is 1. The van der Waals surface area contributed by atoms with Crippen molar-refractivity contribution in [2.45, 2.75) is 23.1 Å². The average molecular weight is 269 g/mol. The van der Waals surface area contributed by atoms with Crippen molar-refractivity contribution in [3.05, 3.63) is 40.1 Å². The first-order valence-corrected chi connectivity index (χ1v) is 6.08. The van der Waals surface area contributed by atoms with Crippen LogP contribution in [0.15, 0.2) is 33.0 Å². The van der Waals surface area contributed by atoms with Crippen LogP contribution in [-0.2, 0) is 7.05 Å². The lowest BCUT2D eigenvalue weighted by molar-refractivity contribution is 0.195. The first-order valence-electron chi connectivity index (χ1n) is 5.26. The van der Waals surface area contributed by atoms with Crippen molar-refractivity contribution < 1.29 is 9.50 Å². The first-order chi connectivity index (χ1) is 8.50. The Morgan fingerprint density at radius 1 is 1.56 bits per heavy atom. The molecule has 2 N–H and O–H groups in total. The molecule has 0 radical (unpaired) electrons. The number of H-pyrrole nitrogens is 1. The van der Waals surface area contributed by atoms with Gasteiger partial charge in [-0.3, -0.25) is 4.57 Å². The molecule has 1 unspecified atom stereocenters. The minimum Gasteiger partial charge on any atom is -0.389 e. The van der Waals surface area contributed by atoms with Crippen LogP contribution < -0.4 is 5.69 Å². The molecular weight excluding hydrogens is 257 g/mol. The lowest BCUT2D eigenvalue weighted by atomic mass is 10.1. The molecule has 0 saturated heterocycles. The molecule has 0 aliphatic heterocycles. The number of hydrogen-bond acceptors (Lipinski definition) is 4. The number of nitrogens with one attached hydrogen (secondary N) is 1. The summed E-state index contributed by atoms with van der Waals surface area (Å²) in [5.74, 6) is -0.450. The van der Waals surface area contributed by atoms with Crippen LogP contribution in [-0.4, -0.2) is 19.9 Å². The third-order valence-corrected chi connectivity index (χ3v) is 3.66. The second-order valence-electron chi connectivity index (χ2n) is 3.81. The highest BCUT2D eigenvalue weighted by Crippen LogP contribution is 2.33. The molecule has 1 heterocycles. The SMILES string of the molecule is CC(O)c1cccc(F)c1Sc1n[nH]c(=O)n1C. The average Bonchev–Trinajstić information content (AvgIpc) is 2.63. The van der Waals surface area contributed by atoms with Gasteiger partial charge in [-0.1, -0.05) is 12.1 Å². The van der Waals surface area contributed by atoms with Gasteiger partial charge < -0.3 is 5.11 Å². The van der Waals surface area contributed by atoms with Gasteiger partial charge in [0.1, 0.15) is 5.82 Å². The van der Waals surface area contributed by atoms with Crippen molar-refractivity contribution in [2.75, 3.05) is 0 Å². The molecule has 0 aliphatic rings. The smallest absolute Gasteiger partial charge is 0.343 e. The maximum atomic E-state index is 13.8. The van der Waals surface area contributed by atoms with E-state index in [1.54, 1.807) is 13.0 Å². The van der Waals surface area contributed by atoms with Gasteiger partial charge in [0, 0.05) is 7.05 Å². The van der Waals surface area contributed by atoms with Gasteiger partial charge in [0.25, 0.3) is 0 Å². The Morgan fingerprint density at radius 2 is 2.28 bits per heavy atom. The van der Waals surface area contributed by atoms with Crippen LogP contribution in [0.25, 0.3) is 0 Å². The molecule has 1 aromatic carbocycles. The summed E-state index contributed by atoms with van der Waals surface area (Å²) in [5.41, 5.74) is 0.0999. The number of benzene rings is 1. The third kappa shape index (κ3) is 2.32. The summed E-state index contributed by atoms with van der Waals surface area (Å²) >= 11 is 1.00. The summed E-state index contributed by atoms with van der Waals surface area (Å²) in [6, 6.07) is 4.48. The van der Waals surface area contributed by atoms with Crippen molar-refractivity contribution in [1.82, 2.24) is 14.8 Å². The van der Waals surface area contributed by atoms with Gasteiger partial charge in [0.05, 0.1) is 11.0 Å². The highest BCUT2D eigenvalue weighted by atomic mass is 32.2. The standard InChI is InChI=1S/C11H12FN3O2S/c1-6(16)7-4-3-5-8(12)9(7)18-11-14-13-10(17)15(11)2/h3-6,16H,1-2H3,(H,13,17). The number of halogens is 1. The van der Waals surface area contributed by atoms with E-state index in [1.807, 2.05) is 0 Å². The van der Waals surface area contributed by atoms with Crippen molar-refractivity contribution in [3.8, 4) is 0 Å². The van der Waals surface area contributed by atoms with Crippen LogP contribution in [0.4, 0.5) is 4.39 Å². The molecule has 96 valence electrons. The van der Waals surface area contributed by atoms with Crippen molar-refractivity contribution in [3.63, 3.8) is 0 Å². The summed E-state index contributed by atoms with van der Waals surface area (Å²) in [6.45, 7) is 1.56. The van der Waals surface area contributed by atoms with E-state index in [2.05, 4.69) is 10.2 Å². The monoisotopic (exact) mass is 269 g/mol. The zero-order valence-corrected chi connectivity index (χ0v) is 10.7. The molecule has 0 fully saturated rings. The highest BCUT2D eigenvalue weighted by Gasteiger charge is 2.16. The van der Waals surface area contributed by atoms with E-state index >= 15 is 0 Å². The molecule has 7 heteroatoms. The Kier molecular flexibility index (Phi) is 3.53. The molecule has 1 aromatic heterocycles. The predicted octanol–water partition coefficient (Wildman–Crippen LogP) is 1.45. The molecule has 0 bridgehead atoms. The van der Waals surface area contributed by atoms with Gasteiger partial charge >= 0.3 is 5.69 Å². The molecule has 18 heavy (non-hydrogen) atoms. The zero-order chi connectivity index (χ0) is 13.3. The van der Waals surface area contributed by atoms with Crippen molar-refractivity contribution in [1.29, 1.82) is 0 Å². The van der Waals surface area contributed by atoms with Crippen LogP contribution in [0.5, 0.6) is 0 Å². The summed E-state index contributed by atoms with van der Waals surface area (Å²) in [7, 11) is 1.54. The third-order valence-electron chi connectivity index (χ3n) is 2.48. The Bertz CT molecular complexity index is 621. The van der Waals surface area contributed by atoms with E-state index in [1.165, 1.54) is 23.7 Å². The zero-order valence-electron chi connectivity index (χ0n) is 9.85. The Labute approximate surface area is 107 Å². The molecule has 1 atom stereocenters. The number of rotatable bonds is 3. The van der Waals surface area contributed by atoms with E-state index in [0.717, 1.165) is 11.8 Å². The van der Waals surface area contributed by atoms with Crippen LogP contribution in [0, 0.1) is 5.82 Å². The van der Waals surface area contributed by atoms with Gasteiger partial charge in [0.2, 0.25) is 0 Å². The molecule has 2 aromatic rings. The molecule has 2 rings (SSSR count). The van der Waals surface area contributed by atoms with Gasteiger partial charge in [0.15, 0.2) is 5.16 Å². The van der Waals surface area contributed by atoms with Gasteiger partial charge in [-0.15, -0.1) is 5.10 Å². The van der Waals surface area contributed by atoms with E-state index in [-0.39, 0.29) is 10.6 Å². The lowest BCUT2D eigenvalue weighted by Crippen LogP contribution is -2.13. The summed E-state index contributed by atoms with van der Waals surface area (Å²) < 4.78 is 15.1. The van der Waals surface area contributed by atoms with Crippen LogP contribution in [0.1, 0.15) is 18.6 Å². The largest absolute Gasteiger partial charge is 0.389 e. The fraction of sp³-hybridized carbons (Fsp3) is 0.273. The summed E-state index contributed by atoms with van der Waals surface area (Å²) in [6.07, 6.45) is -0.792. The molecule has 0 saturated carbocycles. The van der Waals surface area contributed by atoms with Crippen molar-refractivity contribution in [2.24, 2.45) is 7.05 Å². The maximum Gasteiger partial charge on any atom is 0.343 e. The lowest BCUT2D eigenvalue weighted by Gasteiger charge is -2.11. The number of nitrogens with zero attached hydrogens (tertiary/aromatic N) is 2. The predicted molar refractivity (Wildman–Crippen MR) is 65.0 cm³/mol. The van der Waals surface area contributed by atoms with E-state index in [9.17, 15) is 14.3 Å². The maximum absolute atomic E-state index is 13.8.